The lowest BCUT2D eigenvalue weighted by atomic mass is 10.1. The van der Waals surface area contributed by atoms with Gasteiger partial charge in [-0.1, -0.05) is 11.8 Å². The number of benzene rings is 1. The van der Waals surface area contributed by atoms with Gasteiger partial charge in [-0.25, -0.2) is 9.97 Å². The molecule has 0 unspecified atom stereocenters. The summed E-state index contributed by atoms with van der Waals surface area (Å²) in [6.45, 7) is 2.40. The molecular formula is C21H21N5O3S3. The molecule has 0 spiro atoms. The number of rotatable bonds is 4. The number of pyridine rings is 1. The highest BCUT2D eigenvalue weighted by Gasteiger charge is 2.24. The summed E-state index contributed by atoms with van der Waals surface area (Å²) in [5, 5.41) is 18.5. The Morgan fingerprint density at radius 2 is 2.12 bits per heavy atom. The fraction of sp³-hybridized carbons (Fsp3) is 0.238. The van der Waals surface area contributed by atoms with Gasteiger partial charge in [0, 0.05) is 40.3 Å². The van der Waals surface area contributed by atoms with Crippen molar-refractivity contribution in [2.45, 2.75) is 24.7 Å². The summed E-state index contributed by atoms with van der Waals surface area (Å²) in [5.74, 6) is 0.596. The van der Waals surface area contributed by atoms with Crippen molar-refractivity contribution in [1.29, 1.82) is 0 Å². The molecule has 1 amide bonds. The highest BCUT2D eigenvalue weighted by Crippen LogP contribution is 2.41. The van der Waals surface area contributed by atoms with Crippen LogP contribution in [0, 0.1) is 0 Å². The van der Waals surface area contributed by atoms with Crippen LogP contribution in [0.15, 0.2) is 35.6 Å². The lowest BCUT2D eigenvalue weighted by Crippen LogP contribution is -2.34. The van der Waals surface area contributed by atoms with E-state index in [2.05, 4.69) is 25.6 Å². The highest BCUT2D eigenvalue weighted by atomic mass is 32.2. The Hall–Kier alpha value is -2.60. The summed E-state index contributed by atoms with van der Waals surface area (Å²) in [7, 11) is 0. The highest BCUT2D eigenvalue weighted by molar-refractivity contribution is 7.98. The van der Waals surface area contributed by atoms with Gasteiger partial charge in [0.25, 0.3) is 5.91 Å². The van der Waals surface area contributed by atoms with E-state index in [1.54, 1.807) is 12.3 Å². The quantitative estimate of drug-likeness (QED) is 0.294. The molecule has 5 rings (SSSR count). The number of ether oxygens (including phenoxy) is 1. The predicted octanol–water partition coefficient (Wildman–Crippen LogP) is 3.90. The maximum absolute atomic E-state index is 12.6. The first kappa shape index (κ1) is 22.6. The molecule has 0 saturated heterocycles. The summed E-state index contributed by atoms with van der Waals surface area (Å²) in [5.41, 5.74) is 2.09. The number of nitrogens with zero attached hydrogens (tertiary/aromatic N) is 3. The zero-order valence-electron chi connectivity index (χ0n) is 17.3. The molecule has 1 aliphatic rings. The summed E-state index contributed by atoms with van der Waals surface area (Å²) in [4.78, 5) is 26.4. The summed E-state index contributed by atoms with van der Waals surface area (Å²) in [6, 6.07) is 7.65. The topological polar surface area (TPSA) is 109 Å². The third kappa shape index (κ3) is 3.96. The van der Waals surface area contributed by atoms with Gasteiger partial charge in [0.1, 0.15) is 4.88 Å². The Balaban J connectivity index is 0.00000245. The second-order valence-electron chi connectivity index (χ2n) is 7.16. The number of anilines is 1. The number of amides is 1. The summed E-state index contributed by atoms with van der Waals surface area (Å²) in [6.07, 6.45) is 3.42. The van der Waals surface area contributed by atoms with Gasteiger partial charge in [0.2, 0.25) is 11.8 Å². The van der Waals surface area contributed by atoms with E-state index in [-0.39, 0.29) is 37.9 Å². The van der Waals surface area contributed by atoms with Gasteiger partial charge in [0.15, 0.2) is 5.16 Å². The van der Waals surface area contributed by atoms with Crippen LogP contribution in [0.1, 0.15) is 22.2 Å². The second kappa shape index (κ2) is 9.10. The first-order chi connectivity index (χ1) is 15.1. The van der Waals surface area contributed by atoms with Crippen molar-refractivity contribution in [3.8, 4) is 11.8 Å². The van der Waals surface area contributed by atoms with Crippen LogP contribution in [-0.4, -0.2) is 44.8 Å². The largest absolute Gasteiger partial charge is 0.420 e. The molecule has 0 saturated carbocycles. The second-order valence-corrected chi connectivity index (χ2v) is 8.99. The molecule has 0 bridgehead atoms. The number of fused-ring (bicyclic) bond motifs is 5. The fourth-order valence-corrected chi connectivity index (χ4v) is 4.96. The zero-order valence-corrected chi connectivity index (χ0v) is 19.9. The average Bonchev–Trinajstić information content (AvgIpc) is 3.10. The molecule has 0 aliphatic carbocycles. The molecule has 3 N–H and O–H groups in total. The molecule has 0 radical (unpaired) electrons. The Kier molecular flexibility index (Phi) is 6.42. The number of hydrogen-bond donors (Lipinski definition) is 3. The van der Waals surface area contributed by atoms with Gasteiger partial charge in [-0.3, -0.25) is 4.79 Å². The van der Waals surface area contributed by atoms with E-state index in [1.807, 2.05) is 31.4 Å². The average molecular weight is 488 g/mol. The maximum Gasteiger partial charge on any atom is 0.263 e. The molecular weight excluding hydrogens is 466 g/mol. The van der Waals surface area contributed by atoms with Crippen molar-refractivity contribution in [1.82, 2.24) is 20.3 Å². The minimum Gasteiger partial charge on any atom is -0.420 e. The first-order valence-corrected chi connectivity index (χ1v) is 11.7. The molecule has 1 aromatic carbocycles. The van der Waals surface area contributed by atoms with Crippen LogP contribution in [0.2, 0.25) is 0 Å². The Morgan fingerprint density at radius 1 is 1.28 bits per heavy atom. The van der Waals surface area contributed by atoms with E-state index >= 15 is 0 Å². The number of thioether (sulfide) groups is 1. The smallest absolute Gasteiger partial charge is 0.263 e. The first-order valence-electron chi connectivity index (χ1n) is 9.67. The number of aliphatic hydroxyl groups is 1. The van der Waals surface area contributed by atoms with E-state index in [0.717, 1.165) is 26.7 Å². The zero-order chi connectivity index (χ0) is 21.5. The van der Waals surface area contributed by atoms with Gasteiger partial charge in [0.05, 0.1) is 23.4 Å². The molecule has 32 heavy (non-hydrogen) atoms. The molecule has 1 atom stereocenters. The van der Waals surface area contributed by atoms with E-state index < -0.39 is 0 Å². The van der Waals surface area contributed by atoms with Gasteiger partial charge in [-0.15, -0.1) is 11.3 Å². The minimum absolute atomic E-state index is 0. The van der Waals surface area contributed by atoms with Crippen LogP contribution in [0.4, 0.5) is 5.69 Å². The molecule has 1 aliphatic heterocycles. The van der Waals surface area contributed by atoms with Crippen molar-refractivity contribution in [3.05, 3.63) is 40.9 Å². The summed E-state index contributed by atoms with van der Waals surface area (Å²) >= 11 is 2.86. The number of thiophene rings is 1. The van der Waals surface area contributed by atoms with Crippen molar-refractivity contribution >= 4 is 69.2 Å². The third-order valence-electron chi connectivity index (χ3n) is 5.02. The number of aromatic nitrogens is 3. The molecule has 4 heterocycles. The molecule has 4 aromatic rings. The van der Waals surface area contributed by atoms with Crippen molar-refractivity contribution in [2.75, 3.05) is 18.1 Å². The fourth-order valence-electron chi connectivity index (χ4n) is 3.53. The summed E-state index contributed by atoms with van der Waals surface area (Å²) < 4.78 is 6.92. The Labute approximate surface area is 199 Å². The number of aliphatic hydroxyl groups excluding tert-OH is 1. The van der Waals surface area contributed by atoms with Crippen LogP contribution >= 0.6 is 36.6 Å². The standard InChI is InChI=1S/C21H19N5O3S2.H2S/c1-10-7-22-17-16-12-3-6-15(29-20-11(9-27)8-23-21(26-20)30-2)25-13(12)4-5-14(16)31-18(17)19(28)24-10;/h3-6,8,10,22,27H,7,9H2,1-2H3,(H,24,28);1H2/t10-;/m1./s1. The number of nitrogens with one attached hydrogen (secondary N) is 2. The molecule has 3 aromatic heterocycles. The molecule has 8 nitrogen and oxygen atoms in total. The number of hydrogen-bond acceptors (Lipinski definition) is 9. The maximum atomic E-state index is 12.6. The molecule has 11 heteroatoms. The van der Waals surface area contributed by atoms with E-state index in [1.165, 1.54) is 23.1 Å². The van der Waals surface area contributed by atoms with E-state index in [0.29, 0.717) is 28.0 Å². The van der Waals surface area contributed by atoms with Crippen LogP contribution in [0.5, 0.6) is 11.8 Å². The monoisotopic (exact) mass is 487 g/mol. The Bertz CT molecular complexity index is 1330. The van der Waals surface area contributed by atoms with Crippen LogP contribution in [-0.2, 0) is 6.61 Å². The van der Waals surface area contributed by atoms with Crippen molar-refractivity contribution in [3.63, 3.8) is 0 Å². The van der Waals surface area contributed by atoms with E-state index in [9.17, 15) is 9.90 Å². The van der Waals surface area contributed by atoms with Crippen LogP contribution < -0.4 is 15.4 Å². The predicted molar refractivity (Wildman–Crippen MR) is 133 cm³/mol. The van der Waals surface area contributed by atoms with Crippen molar-refractivity contribution in [2.24, 2.45) is 0 Å². The van der Waals surface area contributed by atoms with Crippen LogP contribution in [0.3, 0.4) is 0 Å². The van der Waals surface area contributed by atoms with Crippen LogP contribution in [0.25, 0.3) is 21.0 Å². The number of carbonyl (C=O) groups is 1. The lowest BCUT2D eigenvalue weighted by molar-refractivity contribution is 0.0949. The third-order valence-corrected chi connectivity index (χ3v) is 6.74. The van der Waals surface area contributed by atoms with E-state index in [4.69, 9.17) is 4.74 Å². The number of carbonyl (C=O) groups excluding carboxylic acids is 1. The lowest BCUT2D eigenvalue weighted by Gasteiger charge is -2.11. The van der Waals surface area contributed by atoms with Crippen molar-refractivity contribution < 1.29 is 14.6 Å². The minimum atomic E-state index is -0.231. The normalized spacial score (nSPS) is 15.5. The molecule has 0 fully saturated rings. The Morgan fingerprint density at radius 3 is 2.91 bits per heavy atom. The van der Waals surface area contributed by atoms with Gasteiger partial charge < -0.3 is 20.5 Å². The van der Waals surface area contributed by atoms with Gasteiger partial charge in [-0.2, -0.15) is 18.5 Å². The van der Waals surface area contributed by atoms with Gasteiger partial charge >= 0.3 is 0 Å². The molecule has 166 valence electrons. The SMILES string of the molecule is CSc1ncc(CO)c(Oc2ccc3c(ccc4sc5c(c43)NC[C@@H](C)NC5=O)n2)n1.S. The van der Waals surface area contributed by atoms with Gasteiger partial charge in [-0.05, 0) is 31.4 Å².